The number of carbonyl (C=O) groups excluding carboxylic acids is 1. The zero-order valence-electron chi connectivity index (χ0n) is 15.1. The van der Waals surface area contributed by atoms with E-state index in [2.05, 4.69) is 10.6 Å². The van der Waals surface area contributed by atoms with Crippen LogP contribution in [-0.2, 0) is 6.54 Å². The Kier molecular flexibility index (Phi) is 5.79. The summed E-state index contributed by atoms with van der Waals surface area (Å²) in [5.74, 6) is -0.608. The second-order valence-electron chi connectivity index (χ2n) is 6.09. The van der Waals surface area contributed by atoms with Gasteiger partial charge in [-0.1, -0.05) is 36.4 Å². The largest absolute Gasteiger partial charge is 0.375 e. The average Bonchev–Trinajstić information content (AvgIpc) is 2.73. The fourth-order valence-corrected chi connectivity index (χ4v) is 2.67. The van der Waals surface area contributed by atoms with Crippen molar-refractivity contribution in [3.05, 3.63) is 104 Å². The highest BCUT2D eigenvalue weighted by molar-refractivity contribution is 6.05. The van der Waals surface area contributed by atoms with Crippen molar-refractivity contribution in [1.29, 1.82) is 0 Å². The summed E-state index contributed by atoms with van der Waals surface area (Å²) in [5, 5.41) is 27.8. The highest BCUT2D eigenvalue weighted by Crippen LogP contribution is 2.27. The molecule has 1 amide bonds. The molecule has 0 aliphatic rings. The lowest BCUT2D eigenvalue weighted by molar-refractivity contribution is -0.384. The summed E-state index contributed by atoms with van der Waals surface area (Å²) in [7, 11) is 0. The van der Waals surface area contributed by atoms with Gasteiger partial charge in [-0.05, 0) is 23.8 Å². The van der Waals surface area contributed by atoms with Crippen LogP contribution in [0.3, 0.4) is 0 Å². The Balaban J connectivity index is 1.78. The molecular formula is C20H16N4O5. The van der Waals surface area contributed by atoms with Gasteiger partial charge in [0.15, 0.2) is 0 Å². The van der Waals surface area contributed by atoms with Crippen LogP contribution in [0, 0.1) is 20.2 Å². The third-order valence-corrected chi connectivity index (χ3v) is 4.10. The van der Waals surface area contributed by atoms with Crippen LogP contribution in [0.5, 0.6) is 0 Å². The van der Waals surface area contributed by atoms with Crippen LogP contribution in [0.4, 0.5) is 22.7 Å². The van der Waals surface area contributed by atoms with Gasteiger partial charge in [0.2, 0.25) is 0 Å². The van der Waals surface area contributed by atoms with Crippen molar-refractivity contribution in [2.45, 2.75) is 6.54 Å². The molecule has 0 aromatic heterocycles. The molecule has 3 aromatic carbocycles. The van der Waals surface area contributed by atoms with E-state index in [1.54, 1.807) is 0 Å². The fraction of sp³-hybridized carbons (Fsp3) is 0.0500. The van der Waals surface area contributed by atoms with E-state index in [4.69, 9.17) is 0 Å². The van der Waals surface area contributed by atoms with Crippen LogP contribution < -0.4 is 10.6 Å². The Hall–Kier alpha value is -4.27. The minimum atomic E-state index is -0.608. The molecule has 0 radical (unpaired) electrons. The third-order valence-electron chi connectivity index (χ3n) is 4.10. The molecule has 0 saturated carbocycles. The van der Waals surface area contributed by atoms with Gasteiger partial charge in [-0.3, -0.25) is 25.0 Å². The first-order chi connectivity index (χ1) is 13.9. The topological polar surface area (TPSA) is 127 Å². The summed E-state index contributed by atoms with van der Waals surface area (Å²) in [5.41, 5.74) is 1.11. The maximum absolute atomic E-state index is 12.4. The highest BCUT2D eigenvalue weighted by atomic mass is 16.6. The Labute approximate surface area is 165 Å². The van der Waals surface area contributed by atoms with Crippen molar-refractivity contribution < 1.29 is 14.6 Å². The molecule has 0 heterocycles. The van der Waals surface area contributed by atoms with E-state index >= 15 is 0 Å². The lowest BCUT2D eigenvalue weighted by Crippen LogP contribution is -2.13. The van der Waals surface area contributed by atoms with Gasteiger partial charge in [-0.2, -0.15) is 0 Å². The van der Waals surface area contributed by atoms with Crippen molar-refractivity contribution in [2.75, 3.05) is 10.6 Å². The number of rotatable bonds is 7. The van der Waals surface area contributed by atoms with Crippen molar-refractivity contribution in [3.63, 3.8) is 0 Å². The highest BCUT2D eigenvalue weighted by Gasteiger charge is 2.18. The monoisotopic (exact) mass is 392 g/mol. The second kappa shape index (κ2) is 8.61. The molecule has 0 bridgehead atoms. The van der Waals surface area contributed by atoms with Crippen LogP contribution >= 0.6 is 0 Å². The van der Waals surface area contributed by atoms with Gasteiger partial charge in [-0.25, -0.2) is 0 Å². The van der Waals surface area contributed by atoms with E-state index in [0.29, 0.717) is 6.54 Å². The third kappa shape index (κ3) is 4.92. The predicted octanol–water partition coefficient (Wildman–Crippen LogP) is 4.37. The number of nitro benzene ring substituents is 2. The van der Waals surface area contributed by atoms with Crippen molar-refractivity contribution in [1.82, 2.24) is 0 Å². The number of nitrogens with one attached hydrogen (secondary N) is 2. The van der Waals surface area contributed by atoms with E-state index in [0.717, 1.165) is 5.56 Å². The second-order valence-corrected chi connectivity index (χ2v) is 6.09. The van der Waals surface area contributed by atoms with Gasteiger partial charge in [-0.15, -0.1) is 0 Å². The molecule has 9 nitrogen and oxygen atoms in total. The summed E-state index contributed by atoms with van der Waals surface area (Å²) >= 11 is 0. The summed E-state index contributed by atoms with van der Waals surface area (Å²) in [6.07, 6.45) is 0. The van der Waals surface area contributed by atoms with Gasteiger partial charge < -0.3 is 10.6 Å². The predicted molar refractivity (Wildman–Crippen MR) is 108 cm³/mol. The Morgan fingerprint density at radius 1 is 0.862 bits per heavy atom. The lowest BCUT2D eigenvalue weighted by Gasteiger charge is -2.09. The molecule has 2 N–H and O–H groups in total. The first-order valence-corrected chi connectivity index (χ1v) is 8.56. The van der Waals surface area contributed by atoms with Crippen LogP contribution in [0.25, 0.3) is 0 Å². The summed E-state index contributed by atoms with van der Waals surface area (Å²) in [4.78, 5) is 33.6. The number of anilines is 2. The number of carbonyl (C=O) groups is 1. The van der Waals surface area contributed by atoms with E-state index < -0.39 is 15.8 Å². The molecule has 3 rings (SSSR count). The molecular weight excluding hydrogens is 376 g/mol. The molecule has 0 fully saturated rings. The Bertz CT molecular complexity index is 1070. The molecule has 0 saturated heterocycles. The van der Waals surface area contributed by atoms with E-state index in [1.807, 2.05) is 30.3 Å². The van der Waals surface area contributed by atoms with E-state index in [1.165, 1.54) is 42.5 Å². The van der Waals surface area contributed by atoms with Crippen LogP contribution in [0.1, 0.15) is 15.9 Å². The van der Waals surface area contributed by atoms with Crippen molar-refractivity contribution in [2.24, 2.45) is 0 Å². The Morgan fingerprint density at radius 2 is 1.62 bits per heavy atom. The summed E-state index contributed by atoms with van der Waals surface area (Å²) in [6.45, 7) is 0.390. The number of benzene rings is 3. The molecule has 0 aliphatic carbocycles. The van der Waals surface area contributed by atoms with Crippen LogP contribution in [-0.4, -0.2) is 15.8 Å². The maximum atomic E-state index is 12.4. The van der Waals surface area contributed by atoms with Crippen molar-refractivity contribution >= 4 is 28.7 Å². The van der Waals surface area contributed by atoms with E-state index in [-0.39, 0.29) is 28.3 Å². The minimum absolute atomic E-state index is 0.0634. The van der Waals surface area contributed by atoms with Crippen LogP contribution in [0.2, 0.25) is 0 Å². The first kappa shape index (κ1) is 19.5. The molecule has 9 heteroatoms. The smallest absolute Gasteiger partial charge is 0.293 e. The van der Waals surface area contributed by atoms with E-state index in [9.17, 15) is 25.0 Å². The maximum Gasteiger partial charge on any atom is 0.293 e. The van der Waals surface area contributed by atoms with Gasteiger partial charge in [0.05, 0.1) is 9.85 Å². The summed E-state index contributed by atoms with van der Waals surface area (Å²) in [6, 6.07) is 18.9. The number of nitrogens with zero attached hydrogens (tertiary/aromatic N) is 2. The molecule has 146 valence electrons. The molecule has 29 heavy (non-hydrogen) atoms. The number of amides is 1. The standard InChI is InChI=1S/C20H16N4O5/c25-20(22-16-7-4-8-17(12-16)23(26)27)15-9-10-18(19(11-15)24(28)29)21-13-14-5-2-1-3-6-14/h1-12,21H,13H2,(H,22,25). The lowest BCUT2D eigenvalue weighted by atomic mass is 10.1. The number of nitro groups is 2. The number of hydrogen-bond acceptors (Lipinski definition) is 6. The minimum Gasteiger partial charge on any atom is -0.375 e. The average molecular weight is 392 g/mol. The van der Waals surface area contributed by atoms with Gasteiger partial charge in [0.1, 0.15) is 5.69 Å². The molecule has 3 aromatic rings. The van der Waals surface area contributed by atoms with Crippen LogP contribution in [0.15, 0.2) is 72.8 Å². The normalized spacial score (nSPS) is 10.2. The quantitative estimate of drug-likeness (QED) is 0.454. The van der Waals surface area contributed by atoms with Gasteiger partial charge in [0, 0.05) is 36.0 Å². The SMILES string of the molecule is O=C(Nc1cccc([N+](=O)[O-])c1)c1ccc(NCc2ccccc2)c([N+](=O)[O-])c1. The molecule has 0 spiro atoms. The molecule has 0 unspecified atom stereocenters. The zero-order chi connectivity index (χ0) is 20.8. The van der Waals surface area contributed by atoms with Crippen molar-refractivity contribution in [3.8, 4) is 0 Å². The fourth-order valence-electron chi connectivity index (χ4n) is 2.67. The first-order valence-electron chi connectivity index (χ1n) is 8.56. The number of hydrogen-bond donors (Lipinski definition) is 2. The molecule has 0 aliphatic heterocycles. The molecule has 0 atom stereocenters. The number of non-ortho nitro benzene ring substituents is 1. The summed E-state index contributed by atoms with van der Waals surface area (Å²) < 4.78 is 0. The zero-order valence-corrected chi connectivity index (χ0v) is 15.1. The van der Waals surface area contributed by atoms with Gasteiger partial charge >= 0.3 is 0 Å². The Morgan fingerprint density at radius 3 is 2.31 bits per heavy atom. The van der Waals surface area contributed by atoms with Gasteiger partial charge in [0.25, 0.3) is 17.3 Å².